The lowest BCUT2D eigenvalue weighted by atomic mass is 10.0. The van der Waals surface area contributed by atoms with Crippen LogP contribution < -0.4 is 15.5 Å². The summed E-state index contributed by atoms with van der Waals surface area (Å²) in [4.78, 5) is 20.1. The first-order valence-corrected chi connectivity index (χ1v) is 14.6. The van der Waals surface area contributed by atoms with Gasteiger partial charge in [0.25, 0.3) is 5.91 Å². The van der Waals surface area contributed by atoms with Crippen molar-refractivity contribution in [2.45, 2.75) is 44.1 Å². The van der Waals surface area contributed by atoms with Crippen molar-refractivity contribution in [1.29, 1.82) is 0 Å². The lowest BCUT2D eigenvalue weighted by molar-refractivity contribution is -0.137. The zero-order valence-corrected chi connectivity index (χ0v) is 24.1. The van der Waals surface area contributed by atoms with Gasteiger partial charge >= 0.3 is 6.18 Å². The molecule has 1 amide bonds. The predicted octanol–water partition coefficient (Wildman–Crippen LogP) is 7.53. The second-order valence-corrected chi connectivity index (χ2v) is 10.8. The molecule has 0 spiro atoms. The summed E-state index contributed by atoms with van der Waals surface area (Å²) in [5.41, 5.74) is 4.19. The molecule has 0 radical (unpaired) electrons. The Hall–Kier alpha value is -3.92. The third-order valence-electron chi connectivity index (χ3n) is 7.45. The number of carbonyl (C=O) groups is 1. The van der Waals surface area contributed by atoms with Gasteiger partial charge in [-0.1, -0.05) is 30.3 Å². The SMILES string of the molecule is O=C(Nc1ccc(N2CCCCC2)cc1-c1cc(C(O)NCc2cccc(C(F)(F)F)c2)ccn1)c1cccc(CCl)c1. The van der Waals surface area contributed by atoms with Gasteiger partial charge in [0.2, 0.25) is 0 Å². The summed E-state index contributed by atoms with van der Waals surface area (Å²) in [7, 11) is 0. The van der Waals surface area contributed by atoms with Gasteiger partial charge in [0.15, 0.2) is 0 Å². The molecule has 1 fully saturated rings. The number of benzene rings is 3. The first-order valence-electron chi connectivity index (χ1n) is 14.1. The highest BCUT2D eigenvalue weighted by atomic mass is 35.5. The number of hydrogen-bond acceptors (Lipinski definition) is 5. The largest absolute Gasteiger partial charge is 0.416 e. The number of pyridine rings is 1. The molecule has 10 heteroatoms. The van der Waals surface area contributed by atoms with Crippen molar-refractivity contribution in [1.82, 2.24) is 10.3 Å². The van der Waals surface area contributed by atoms with Crippen LogP contribution in [0.4, 0.5) is 24.5 Å². The van der Waals surface area contributed by atoms with Crippen molar-refractivity contribution in [3.63, 3.8) is 0 Å². The Balaban J connectivity index is 1.41. The Bertz CT molecular complexity index is 1570. The van der Waals surface area contributed by atoms with Crippen molar-refractivity contribution < 1.29 is 23.1 Å². The number of hydrogen-bond donors (Lipinski definition) is 3. The number of anilines is 2. The van der Waals surface area contributed by atoms with Crippen molar-refractivity contribution in [2.24, 2.45) is 0 Å². The molecule has 1 aromatic heterocycles. The van der Waals surface area contributed by atoms with E-state index in [9.17, 15) is 23.1 Å². The van der Waals surface area contributed by atoms with E-state index in [0.29, 0.717) is 33.6 Å². The Morgan fingerprint density at radius 2 is 1.72 bits per heavy atom. The monoisotopic (exact) mass is 608 g/mol. The van der Waals surface area contributed by atoms with Crippen LogP contribution >= 0.6 is 11.6 Å². The quantitative estimate of drug-likeness (QED) is 0.135. The lowest BCUT2D eigenvalue weighted by Gasteiger charge is -2.29. The number of amides is 1. The summed E-state index contributed by atoms with van der Waals surface area (Å²) in [6.45, 7) is 1.89. The fourth-order valence-corrected chi connectivity index (χ4v) is 5.31. The number of rotatable bonds is 9. The van der Waals surface area contributed by atoms with Gasteiger partial charge in [0, 0.05) is 48.5 Å². The van der Waals surface area contributed by atoms with Gasteiger partial charge in [-0.05, 0) is 84.5 Å². The molecule has 1 saturated heterocycles. The molecular formula is C33H32ClF3N4O2. The molecule has 1 aliphatic rings. The van der Waals surface area contributed by atoms with Crippen LogP contribution in [0.25, 0.3) is 11.3 Å². The minimum atomic E-state index is -4.45. The summed E-state index contributed by atoms with van der Waals surface area (Å²) in [5.74, 6) is -0.00420. The van der Waals surface area contributed by atoms with Crippen LogP contribution in [0.15, 0.2) is 85.1 Å². The molecule has 3 N–H and O–H groups in total. The fraction of sp³-hybridized carbons (Fsp3) is 0.273. The highest BCUT2D eigenvalue weighted by Gasteiger charge is 2.30. The van der Waals surface area contributed by atoms with E-state index in [2.05, 4.69) is 20.5 Å². The summed E-state index contributed by atoms with van der Waals surface area (Å²) in [6.07, 6.45) is -0.670. The van der Waals surface area contributed by atoms with Crippen molar-refractivity contribution in [2.75, 3.05) is 23.3 Å². The summed E-state index contributed by atoms with van der Waals surface area (Å²) in [6, 6.07) is 21.3. The molecule has 1 atom stereocenters. The number of aliphatic hydroxyl groups excluding tert-OH is 1. The van der Waals surface area contributed by atoms with Gasteiger partial charge < -0.3 is 15.3 Å². The first kappa shape index (κ1) is 30.5. The molecule has 43 heavy (non-hydrogen) atoms. The van der Waals surface area contributed by atoms with E-state index >= 15 is 0 Å². The minimum Gasteiger partial charge on any atom is -0.374 e. The summed E-state index contributed by atoms with van der Waals surface area (Å²) >= 11 is 5.97. The van der Waals surface area contributed by atoms with E-state index in [1.54, 1.807) is 42.6 Å². The van der Waals surface area contributed by atoms with Crippen LogP contribution in [0.1, 0.15) is 58.1 Å². The van der Waals surface area contributed by atoms with Crippen molar-refractivity contribution >= 4 is 28.9 Å². The molecule has 6 nitrogen and oxygen atoms in total. The Morgan fingerprint density at radius 3 is 2.49 bits per heavy atom. The van der Waals surface area contributed by atoms with Crippen LogP contribution in [-0.4, -0.2) is 29.1 Å². The van der Waals surface area contributed by atoms with Gasteiger partial charge in [-0.3, -0.25) is 15.1 Å². The zero-order chi connectivity index (χ0) is 30.4. The minimum absolute atomic E-state index is 0.0237. The van der Waals surface area contributed by atoms with E-state index in [-0.39, 0.29) is 18.3 Å². The number of aromatic nitrogens is 1. The second kappa shape index (κ2) is 13.6. The highest BCUT2D eigenvalue weighted by molar-refractivity contribution is 6.17. The van der Waals surface area contributed by atoms with Crippen LogP contribution in [0, 0.1) is 0 Å². The molecule has 0 bridgehead atoms. The standard InChI is InChI=1S/C33H32ClF3N4O2/c34-20-22-6-4-8-24(16-22)32(43)40-29-11-10-27(41-14-2-1-3-15-41)19-28(29)30-18-25(12-13-38-30)31(42)39-21-23-7-5-9-26(17-23)33(35,36)37/h4-13,16-19,31,39,42H,1-3,14-15,20-21H2,(H,40,43). The average Bonchev–Trinajstić information content (AvgIpc) is 3.04. The number of alkyl halides is 4. The van der Waals surface area contributed by atoms with E-state index < -0.39 is 18.0 Å². The van der Waals surface area contributed by atoms with Crippen LogP contribution in [0.5, 0.6) is 0 Å². The maximum absolute atomic E-state index is 13.2. The van der Waals surface area contributed by atoms with Gasteiger partial charge in [-0.25, -0.2) is 0 Å². The van der Waals surface area contributed by atoms with E-state index in [1.165, 1.54) is 12.5 Å². The van der Waals surface area contributed by atoms with E-state index in [4.69, 9.17) is 11.6 Å². The zero-order valence-electron chi connectivity index (χ0n) is 23.4. The van der Waals surface area contributed by atoms with Crippen LogP contribution in [-0.2, 0) is 18.6 Å². The number of halogens is 4. The molecule has 224 valence electrons. The molecule has 0 saturated carbocycles. The second-order valence-electron chi connectivity index (χ2n) is 10.5. The number of nitrogens with zero attached hydrogens (tertiary/aromatic N) is 2. The first-order chi connectivity index (χ1) is 20.7. The van der Waals surface area contributed by atoms with Crippen LogP contribution in [0.3, 0.4) is 0 Å². The maximum atomic E-state index is 13.2. The lowest BCUT2D eigenvalue weighted by Crippen LogP contribution is -2.29. The topological polar surface area (TPSA) is 77.5 Å². The Kier molecular flexibility index (Phi) is 9.65. The molecule has 5 rings (SSSR count). The maximum Gasteiger partial charge on any atom is 0.416 e. The number of carbonyl (C=O) groups excluding carboxylic acids is 1. The molecule has 2 heterocycles. The number of aliphatic hydroxyl groups is 1. The highest BCUT2D eigenvalue weighted by Crippen LogP contribution is 2.34. The van der Waals surface area contributed by atoms with Gasteiger partial charge in [0.05, 0.1) is 16.9 Å². The van der Waals surface area contributed by atoms with Crippen LogP contribution in [0.2, 0.25) is 0 Å². The fourth-order valence-electron chi connectivity index (χ4n) is 5.15. The van der Waals surface area contributed by atoms with Gasteiger partial charge in [0.1, 0.15) is 6.23 Å². The third kappa shape index (κ3) is 7.73. The predicted molar refractivity (Wildman–Crippen MR) is 163 cm³/mol. The molecule has 0 aliphatic carbocycles. The normalized spacial score (nSPS) is 14.4. The molecule has 1 unspecified atom stereocenters. The molecule has 3 aromatic carbocycles. The molecule has 1 aliphatic heterocycles. The number of nitrogens with one attached hydrogen (secondary N) is 2. The van der Waals surface area contributed by atoms with Gasteiger partial charge in [-0.2, -0.15) is 13.2 Å². The third-order valence-corrected chi connectivity index (χ3v) is 7.75. The van der Waals surface area contributed by atoms with Gasteiger partial charge in [-0.15, -0.1) is 11.6 Å². The number of piperidine rings is 1. The van der Waals surface area contributed by atoms with E-state index in [1.807, 2.05) is 24.3 Å². The Labute approximate surface area is 253 Å². The summed E-state index contributed by atoms with van der Waals surface area (Å²) in [5, 5.41) is 16.8. The molecular weight excluding hydrogens is 577 g/mol. The van der Waals surface area contributed by atoms with Crippen molar-refractivity contribution in [3.8, 4) is 11.3 Å². The smallest absolute Gasteiger partial charge is 0.374 e. The average molecular weight is 609 g/mol. The summed E-state index contributed by atoms with van der Waals surface area (Å²) < 4.78 is 39.3. The molecule has 4 aromatic rings. The van der Waals surface area contributed by atoms with E-state index in [0.717, 1.165) is 49.3 Å². The van der Waals surface area contributed by atoms with Crippen molar-refractivity contribution in [3.05, 3.63) is 113 Å². The Morgan fingerprint density at radius 1 is 0.953 bits per heavy atom.